The Kier molecular flexibility index (Phi) is 6.62. The van der Waals surface area contributed by atoms with Crippen molar-refractivity contribution in [1.29, 1.82) is 0 Å². The monoisotopic (exact) mass is 499 g/mol. The molecule has 0 N–H and O–H groups in total. The Labute approximate surface area is 216 Å². The zero-order valence-electron chi connectivity index (χ0n) is 20.7. The Bertz CT molecular complexity index is 1300. The summed E-state index contributed by atoms with van der Waals surface area (Å²) >= 11 is 0. The summed E-state index contributed by atoms with van der Waals surface area (Å²) in [7, 11) is 0. The zero-order valence-corrected chi connectivity index (χ0v) is 20.7. The minimum Gasteiger partial charge on any atom is -0.454 e. The highest BCUT2D eigenvalue weighted by Crippen LogP contribution is 2.39. The molecule has 0 radical (unpaired) electrons. The van der Waals surface area contributed by atoms with Crippen LogP contribution in [0.15, 0.2) is 77.9 Å². The van der Waals surface area contributed by atoms with Crippen molar-refractivity contribution in [2.75, 3.05) is 26.4 Å². The van der Waals surface area contributed by atoms with Crippen LogP contribution < -0.4 is 9.47 Å². The van der Waals surface area contributed by atoms with E-state index in [9.17, 15) is 9.18 Å². The predicted octanol–water partition coefficient (Wildman–Crippen LogP) is 5.19. The van der Waals surface area contributed by atoms with Gasteiger partial charge in [-0.15, -0.1) is 0 Å². The molecule has 0 bridgehead atoms. The summed E-state index contributed by atoms with van der Waals surface area (Å²) in [6.07, 6.45) is 3.65. The third-order valence-corrected chi connectivity index (χ3v) is 7.57. The van der Waals surface area contributed by atoms with Crippen molar-refractivity contribution in [2.24, 2.45) is 11.0 Å². The average molecular weight is 500 g/mol. The molecule has 7 heteroatoms. The van der Waals surface area contributed by atoms with Gasteiger partial charge in [-0.1, -0.05) is 54.6 Å². The van der Waals surface area contributed by atoms with Gasteiger partial charge in [-0.05, 0) is 67.6 Å². The van der Waals surface area contributed by atoms with E-state index in [0.29, 0.717) is 41.7 Å². The van der Waals surface area contributed by atoms with Gasteiger partial charge in [-0.25, -0.2) is 9.40 Å². The normalized spacial score (nSPS) is 19.8. The average Bonchev–Trinajstić information content (AvgIpc) is 3.58. The molecule has 6 nitrogen and oxygen atoms in total. The number of piperidine rings is 1. The second-order valence-corrected chi connectivity index (χ2v) is 10.0. The second kappa shape index (κ2) is 10.3. The highest BCUT2D eigenvalue weighted by atomic mass is 19.1. The number of hydrogen-bond donors (Lipinski definition) is 0. The third-order valence-electron chi connectivity index (χ3n) is 7.57. The number of rotatable bonds is 6. The Hall–Kier alpha value is -3.71. The van der Waals surface area contributed by atoms with Crippen LogP contribution in [0.5, 0.6) is 11.5 Å². The molecular formula is C30H30FN3O3. The van der Waals surface area contributed by atoms with Crippen molar-refractivity contribution < 1.29 is 18.7 Å². The molecule has 0 aliphatic carbocycles. The number of halogens is 1. The Morgan fingerprint density at radius 2 is 1.70 bits per heavy atom. The summed E-state index contributed by atoms with van der Waals surface area (Å²) in [4.78, 5) is 15.8. The van der Waals surface area contributed by atoms with Crippen LogP contribution in [0.3, 0.4) is 0 Å². The summed E-state index contributed by atoms with van der Waals surface area (Å²) in [5, 5.41) is 6.22. The van der Waals surface area contributed by atoms with Gasteiger partial charge in [0.15, 0.2) is 11.5 Å². The van der Waals surface area contributed by atoms with Gasteiger partial charge < -0.3 is 9.47 Å². The van der Waals surface area contributed by atoms with Gasteiger partial charge in [0.25, 0.3) is 5.91 Å². The molecule has 3 aliphatic heterocycles. The van der Waals surface area contributed by atoms with Crippen molar-refractivity contribution >= 4 is 11.6 Å². The van der Waals surface area contributed by atoms with E-state index in [1.807, 2.05) is 24.3 Å². The SMILES string of the molecule is O=C(CN1CCC(Cc2ccccc2)CC1)N1N=C(c2ccccc2F)CC1c1ccc2c(c1)OCO2. The number of amides is 1. The maximum atomic E-state index is 14.6. The van der Waals surface area contributed by atoms with Crippen molar-refractivity contribution in [3.8, 4) is 11.5 Å². The summed E-state index contributed by atoms with van der Waals surface area (Å²) in [5.74, 6) is 1.57. The summed E-state index contributed by atoms with van der Waals surface area (Å²) in [6.45, 7) is 2.25. The van der Waals surface area contributed by atoms with E-state index >= 15 is 0 Å². The van der Waals surface area contributed by atoms with E-state index in [0.717, 1.165) is 37.9 Å². The zero-order chi connectivity index (χ0) is 25.2. The summed E-state index contributed by atoms with van der Waals surface area (Å²) < 4.78 is 25.6. The van der Waals surface area contributed by atoms with Crippen molar-refractivity contribution in [3.63, 3.8) is 0 Å². The smallest absolute Gasteiger partial charge is 0.257 e. The van der Waals surface area contributed by atoms with Gasteiger partial charge >= 0.3 is 0 Å². The number of carbonyl (C=O) groups excluding carboxylic acids is 1. The topological polar surface area (TPSA) is 54.4 Å². The lowest BCUT2D eigenvalue weighted by Crippen LogP contribution is -2.42. The number of ether oxygens (including phenoxy) is 2. The molecule has 0 aromatic heterocycles. The molecule has 1 saturated heterocycles. The second-order valence-electron chi connectivity index (χ2n) is 10.0. The van der Waals surface area contributed by atoms with E-state index in [4.69, 9.17) is 9.47 Å². The van der Waals surface area contributed by atoms with Crippen LogP contribution in [0, 0.1) is 11.7 Å². The molecular weight excluding hydrogens is 469 g/mol. The van der Waals surface area contributed by atoms with Crippen LogP contribution in [-0.2, 0) is 11.2 Å². The fourth-order valence-corrected chi connectivity index (χ4v) is 5.54. The standard InChI is InChI=1S/C30H30FN3O3/c31-25-9-5-4-8-24(25)26-18-27(23-10-11-28-29(17-23)37-20-36-28)34(32-26)30(35)19-33-14-12-22(13-15-33)16-21-6-2-1-3-7-21/h1-11,17,22,27H,12-16,18-20H2. The number of hydrazone groups is 1. The molecule has 0 spiro atoms. The molecule has 6 rings (SSSR count). The Morgan fingerprint density at radius 1 is 0.946 bits per heavy atom. The van der Waals surface area contributed by atoms with E-state index in [2.05, 4.69) is 34.3 Å². The van der Waals surface area contributed by atoms with Crippen LogP contribution >= 0.6 is 0 Å². The predicted molar refractivity (Wildman–Crippen MR) is 139 cm³/mol. The highest BCUT2D eigenvalue weighted by Gasteiger charge is 2.35. The molecule has 3 heterocycles. The number of fused-ring (bicyclic) bond motifs is 1. The summed E-state index contributed by atoms with van der Waals surface area (Å²) in [5.41, 5.74) is 3.28. The summed E-state index contributed by atoms with van der Waals surface area (Å²) in [6, 6.07) is 22.6. The van der Waals surface area contributed by atoms with Crippen molar-refractivity contribution in [2.45, 2.75) is 31.7 Å². The largest absolute Gasteiger partial charge is 0.454 e. The van der Waals surface area contributed by atoms with Crippen molar-refractivity contribution in [3.05, 3.63) is 95.3 Å². The molecule has 1 unspecified atom stereocenters. The first kappa shape index (κ1) is 23.7. The van der Waals surface area contributed by atoms with Gasteiger partial charge in [-0.2, -0.15) is 5.10 Å². The Balaban J connectivity index is 1.17. The third kappa shape index (κ3) is 5.09. The molecule has 1 atom stereocenters. The van der Waals surface area contributed by atoms with Crippen LogP contribution in [0.25, 0.3) is 0 Å². The molecule has 3 aromatic carbocycles. The van der Waals surface area contributed by atoms with Crippen LogP contribution in [-0.4, -0.2) is 48.0 Å². The number of benzene rings is 3. The molecule has 0 saturated carbocycles. The molecule has 1 amide bonds. The number of nitrogens with zero attached hydrogens (tertiary/aromatic N) is 3. The first-order valence-corrected chi connectivity index (χ1v) is 12.9. The maximum absolute atomic E-state index is 14.6. The molecule has 1 fully saturated rings. The van der Waals surface area contributed by atoms with E-state index in [1.165, 1.54) is 11.6 Å². The van der Waals surface area contributed by atoms with Gasteiger partial charge in [0.1, 0.15) is 5.82 Å². The van der Waals surface area contributed by atoms with Gasteiger partial charge in [0.05, 0.1) is 18.3 Å². The fourth-order valence-electron chi connectivity index (χ4n) is 5.54. The van der Waals surface area contributed by atoms with E-state index < -0.39 is 0 Å². The minimum atomic E-state index is -0.333. The van der Waals surface area contributed by atoms with Crippen molar-refractivity contribution in [1.82, 2.24) is 9.91 Å². The van der Waals surface area contributed by atoms with Crippen LogP contribution in [0.2, 0.25) is 0 Å². The van der Waals surface area contributed by atoms with Gasteiger partial charge in [-0.3, -0.25) is 9.69 Å². The molecule has 190 valence electrons. The minimum absolute atomic E-state index is 0.0736. The molecule has 3 aliphatic rings. The quantitative estimate of drug-likeness (QED) is 0.469. The first-order valence-electron chi connectivity index (χ1n) is 12.9. The number of carbonyl (C=O) groups is 1. The first-order chi connectivity index (χ1) is 18.1. The van der Waals surface area contributed by atoms with Crippen LogP contribution in [0.1, 0.15) is 42.0 Å². The van der Waals surface area contributed by atoms with E-state index in [-0.39, 0.29) is 24.6 Å². The lowest BCUT2D eigenvalue weighted by molar-refractivity contribution is -0.134. The lowest BCUT2D eigenvalue weighted by atomic mass is 9.90. The molecule has 37 heavy (non-hydrogen) atoms. The Morgan fingerprint density at radius 3 is 2.51 bits per heavy atom. The molecule has 3 aromatic rings. The van der Waals surface area contributed by atoms with Gasteiger partial charge in [0.2, 0.25) is 6.79 Å². The number of hydrogen-bond acceptors (Lipinski definition) is 5. The van der Waals surface area contributed by atoms with Crippen LogP contribution in [0.4, 0.5) is 4.39 Å². The number of likely N-dealkylation sites (tertiary alicyclic amines) is 1. The fraction of sp³-hybridized carbons (Fsp3) is 0.333. The van der Waals surface area contributed by atoms with E-state index in [1.54, 1.807) is 23.2 Å². The lowest BCUT2D eigenvalue weighted by Gasteiger charge is -2.33. The van der Waals surface area contributed by atoms with Gasteiger partial charge in [0, 0.05) is 12.0 Å². The maximum Gasteiger partial charge on any atom is 0.257 e. The highest BCUT2D eigenvalue weighted by molar-refractivity contribution is 6.03.